The maximum absolute atomic E-state index is 13.5. The van der Waals surface area contributed by atoms with Crippen LogP contribution in [0.2, 0.25) is 0 Å². The summed E-state index contributed by atoms with van der Waals surface area (Å²) in [7, 11) is 0. The predicted molar refractivity (Wildman–Crippen MR) is 55.8 cm³/mol. The topological polar surface area (TPSA) is 20.3 Å². The van der Waals surface area contributed by atoms with Gasteiger partial charge in [-0.25, -0.2) is 4.39 Å². The first-order valence-corrected chi connectivity index (χ1v) is 5.21. The van der Waals surface area contributed by atoms with Gasteiger partial charge in [-0.05, 0) is 19.1 Å². The first-order chi connectivity index (χ1) is 6.65. The van der Waals surface area contributed by atoms with Crippen molar-refractivity contribution in [2.24, 2.45) is 0 Å². The highest BCUT2D eigenvalue weighted by atomic mass is 79.9. The molecule has 4 heteroatoms. The number of hydrogen-bond acceptors (Lipinski definition) is 1. The van der Waals surface area contributed by atoms with Crippen LogP contribution in [0.1, 0.15) is 12.5 Å². The van der Waals surface area contributed by atoms with Crippen LogP contribution in [0, 0.1) is 5.82 Å². The highest BCUT2D eigenvalue weighted by Crippen LogP contribution is 2.36. The lowest BCUT2D eigenvalue weighted by Gasteiger charge is -2.15. The molecular formula is C10H9BrFNO. The summed E-state index contributed by atoms with van der Waals surface area (Å²) in [6, 6.07) is 3.02. The van der Waals surface area contributed by atoms with Gasteiger partial charge < -0.3 is 4.90 Å². The van der Waals surface area contributed by atoms with Gasteiger partial charge in [0.05, 0.1) is 12.1 Å². The molecule has 0 atom stereocenters. The van der Waals surface area contributed by atoms with Gasteiger partial charge in [0.15, 0.2) is 0 Å². The molecule has 1 aromatic carbocycles. The molecular weight excluding hydrogens is 249 g/mol. The number of halogens is 2. The van der Waals surface area contributed by atoms with Crippen molar-refractivity contribution in [3.63, 3.8) is 0 Å². The quantitative estimate of drug-likeness (QED) is 0.757. The summed E-state index contributed by atoms with van der Waals surface area (Å²) in [6.45, 7) is 2.35. The van der Waals surface area contributed by atoms with Crippen LogP contribution in [0.15, 0.2) is 16.6 Å². The summed E-state index contributed by atoms with van der Waals surface area (Å²) < 4.78 is 14.3. The van der Waals surface area contributed by atoms with E-state index in [1.807, 2.05) is 6.92 Å². The third-order valence-corrected chi connectivity index (χ3v) is 3.13. The molecule has 1 aliphatic rings. The Labute approximate surface area is 89.8 Å². The van der Waals surface area contributed by atoms with Gasteiger partial charge in [-0.15, -0.1) is 0 Å². The molecule has 0 saturated heterocycles. The number of likely N-dealkylation sites (N-methyl/N-ethyl adjacent to an activating group) is 1. The Kier molecular flexibility index (Phi) is 2.31. The zero-order valence-electron chi connectivity index (χ0n) is 7.68. The average molecular weight is 258 g/mol. The standard InChI is InChI=1S/C10H9BrFNO/c1-2-13-9(14)5-6-7(11)3-4-8(12)10(6)13/h3-4H,2,5H2,1H3. The molecule has 0 aliphatic carbocycles. The minimum atomic E-state index is -0.323. The molecule has 1 amide bonds. The van der Waals surface area contributed by atoms with E-state index in [-0.39, 0.29) is 11.7 Å². The molecule has 2 rings (SSSR count). The van der Waals surface area contributed by atoms with Crippen LogP contribution in [-0.4, -0.2) is 12.5 Å². The highest BCUT2D eigenvalue weighted by Gasteiger charge is 2.30. The fourth-order valence-electron chi connectivity index (χ4n) is 1.75. The van der Waals surface area contributed by atoms with Crippen molar-refractivity contribution in [1.29, 1.82) is 0 Å². The molecule has 1 heterocycles. The molecule has 14 heavy (non-hydrogen) atoms. The molecule has 0 aromatic heterocycles. The van der Waals surface area contributed by atoms with Gasteiger partial charge in [-0.1, -0.05) is 15.9 Å². The van der Waals surface area contributed by atoms with E-state index in [2.05, 4.69) is 15.9 Å². The Balaban J connectivity index is 2.62. The van der Waals surface area contributed by atoms with E-state index in [1.54, 1.807) is 6.07 Å². The molecule has 1 aromatic rings. The van der Waals surface area contributed by atoms with Crippen molar-refractivity contribution in [3.05, 3.63) is 28.0 Å². The number of amides is 1. The summed E-state index contributed by atoms with van der Waals surface area (Å²) in [5.41, 5.74) is 1.20. The van der Waals surface area contributed by atoms with Crippen LogP contribution in [0.5, 0.6) is 0 Å². The number of rotatable bonds is 1. The first kappa shape index (κ1) is 9.65. The number of benzene rings is 1. The number of hydrogen-bond donors (Lipinski definition) is 0. The Bertz CT molecular complexity index is 405. The Hall–Kier alpha value is -0.900. The van der Waals surface area contributed by atoms with Gasteiger partial charge in [0.25, 0.3) is 0 Å². The van der Waals surface area contributed by atoms with Gasteiger partial charge in [0, 0.05) is 16.6 Å². The van der Waals surface area contributed by atoms with Crippen LogP contribution in [0.4, 0.5) is 10.1 Å². The van der Waals surface area contributed by atoms with E-state index in [1.165, 1.54) is 11.0 Å². The number of carbonyl (C=O) groups is 1. The molecule has 0 unspecified atom stereocenters. The van der Waals surface area contributed by atoms with Gasteiger partial charge in [-0.2, -0.15) is 0 Å². The zero-order valence-corrected chi connectivity index (χ0v) is 9.27. The van der Waals surface area contributed by atoms with Crippen molar-refractivity contribution in [1.82, 2.24) is 0 Å². The number of carbonyl (C=O) groups excluding carboxylic acids is 1. The van der Waals surface area contributed by atoms with Crippen LogP contribution >= 0.6 is 15.9 Å². The van der Waals surface area contributed by atoms with Gasteiger partial charge in [-0.3, -0.25) is 4.79 Å². The molecule has 0 saturated carbocycles. The summed E-state index contributed by atoms with van der Waals surface area (Å²) in [6.07, 6.45) is 0.293. The Morgan fingerprint density at radius 2 is 2.29 bits per heavy atom. The SMILES string of the molecule is CCN1C(=O)Cc2c(Br)ccc(F)c21. The second-order valence-corrected chi connectivity index (χ2v) is 4.03. The molecule has 0 radical (unpaired) electrons. The van der Waals surface area contributed by atoms with Crippen LogP contribution < -0.4 is 4.90 Å². The van der Waals surface area contributed by atoms with Crippen molar-refractivity contribution in [2.75, 3.05) is 11.4 Å². The minimum absolute atomic E-state index is 0.0340. The normalized spacial score (nSPS) is 14.8. The van der Waals surface area contributed by atoms with Crippen molar-refractivity contribution in [2.45, 2.75) is 13.3 Å². The van der Waals surface area contributed by atoms with Crippen molar-refractivity contribution >= 4 is 27.5 Å². The largest absolute Gasteiger partial charge is 0.309 e. The number of anilines is 1. The molecule has 2 nitrogen and oxygen atoms in total. The molecule has 0 N–H and O–H groups in total. The van der Waals surface area contributed by atoms with Crippen LogP contribution in [0.25, 0.3) is 0 Å². The lowest BCUT2D eigenvalue weighted by Crippen LogP contribution is -2.26. The van der Waals surface area contributed by atoms with Gasteiger partial charge in [0.1, 0.15) is 5.82 Å². The fraction of sp³-hybridized carbons (Fsp3) is 0.300. The third kappa shape index (κ3) is 1.25. The van der Waals surface area contributed by atoms with Crippen molar-refractivity contribution < 1.29 is 9.18 Å². The van der Waals surface area contributed by atoms with Crippen LogP contribution in [-0.2, 0) is 11.2 Å². The molecule has 1 aliphatic heterocycles. The van der Waals surface area contributed by atoms with E-state index < -0.39 is 0 Å². The molecule has 74 valence electrons. The maximum Gasteiger partial charge on any atom is 0.231 e. The maximum atomic E-state index is 13.5. The van der Waals surface area contributed by atoms with Crippen LogP contribution in [0.3, 0.4) is 0 Å². The van der Waals surface area contributed by atoms with E-state index in [9.17, 15) is 9.18 Å². The van der Waals surface area contributed by atoms with Crippen molar-refractivity contribution in [3.8, 4) is 0 Å². The van der Waals surface area contributed by atoms with Gasteiger partial charge >= 0.3 is 0 Å². The average Bonchev–Trinajstić information content (AvgIpc) is 2.50. The summed E-state index contributed by atoms with van der Waals surface area (Å²) in [4.78, 5) is 13.0. The van der Waals surface area contributed by atoms with Gasteiger partial charge in [0.2, 0.25) is 5.91 Å². The van der Waals surface area contributed by atoms with E-state index in [0.717, 1.165) is 10.0 Å². The lowest BCUT2D eigenvalue weighted by molar-refractivity contribution is -0.117. The Morgan fingerprint density at radius 1 is 1.57 bits per heavy atom. The second-order valence-electron chi connectivity index (χ2n) is 3.17. The monoisotopic (exact) mass is 257 g/mol. The van der Waals surface area contributed by atoms with E-state index >= 15 is 0 Å². The smallest absolute Gasteiger partial charge is 0.231 e. The summed E-state index contributed by atoms with van der Waals surface area (Å²) in [5, 5.41) is 0. The van der Waals surface area contributed by atoms with E-state index in [0.29, 0.717) is 18.7 Å². The molecule has 0 bridgehead atoms. The Morgan fingerprint density at radius 3 is 2.93 bits per heavy atom. The number of fused-ring (bicyclic) bond motifs is 1. The first-order valence-electron chi connectivity index (χ1n) is 4.42. The summed E-state index contributed by atoms with van der Waals surface area (Å²) >= 11 is 3.32. The van der Waals surface area contributed by atoms with E-state index in [4.69, 9.17) is 0 Å². The molecule has 0 spiro atoms. The summed E-state index contributed by atoms with van der Waals surface area (Å²) in [5.74, 6) is -0.357. The fourth-order valence-corrected chi connectivity index (χ4v) is 2.21. The predicted octanol–water partition coefficient (Wildman–Crippen LogP) is 2.50. The molecule has 0 fully saturated rings. The highest BCUT2D eigenvalue weighted by molar-refractivity contribution is 9.10. The third-order valence-electron chi connectivity index (χ3n) is 2.39. The zero-order chi connectivity index (χ0) is 10.3. The number of nitrogens with zero attached hydrogens (tertiary/aromatic N) is 1. The second kappa shape index (κ2) is 3.35. The lowest BCUT2D eigenvalue weighted by atomic mass is 10.1. The minimum Gasteiger partial charge on any atom is -0.309 e.